The zero-order valence-corrected chi connectivity index (χ0v) is 10.7. The largest absolute Gasteiger partial charge is 0.272 e. The van der Waals surface area contributed by atoms with Gasteiger partial charge in [0.05, 0.1) is 10.6 Å². The third-order valence-electron chi connectivity index (χ3n) is 2.67. The van der Waals surface area contributed by atoms with Crippen molar-refractivity contribution in [2.45, 2.75) is 25.7 Å². The van der Waals surface area contributed by atoms with E-state index in [9.17, 15) is 4.79 Å². The second-order valence-electron chi connectivity index (χ2n) is 3.95. The lowest BCUT2D eigenvalue weighted by Crippen LogP contribution is -2.19. The third kappa shape index (κ3) is 3.20. The van der Waals surface area contributed by atoms with Gasteiger partial charge < -0.3 is 0 Å². The van der Waals surface area contributed by atoms with Crippen molar-refractivity contribution in [1.29, 1.82) is 0 Å². The molecule has 1 amide bonds. The minimum atomic E-state index is -0.300. The predicted molar refractivity (Wildman–Crippen MR) is 69.8 cm³/mol. The number of carbonyl (C=O) groups excluding carboxylic acids is 1. The van der Waals surface area contributed by atoms with Crippen molar-refractivity contribution in [1.82, 2.24) is 5.43 Å². The number of rotatable bonds is 2. The van der Waals surface area contributed by atoms with E-state index < -0.39 is 0 Å². The van der Waals surface area contributed by atoms with Gasteiger partial charge in [0, 0.05) is 10.7 Å². The van der Waals surface area contributed by atoms with Crippen molar-refractivity contribution in [2.24, 2.45) is 5.10 Å². The highest BCUT2D eigenvalue weighted by atomic mass is 35.5. The van der Waals surface area contributed by atoms with Gasteiger partial charge in [-0.05, 0) is 43.9 Å². The maximum absolute atomic E-state index is 11.8. The highest BCUT2D eigenvalue weighted by molar-refractivity contribution is 6.36. The van der Waals surface area contributed by atoms with Crippen LogP contribution >= 0.6 is 23.2 Å². The van der Waals surface area contributed by atoms with E-state index in [1.807, 2.05) is 0 Å². The molecule has 0 atom stereocenters. The Morgan fingerprint density at radius 2 is 1.94 bits per heavy atom. The summed E-state index contributed by atoms with van der Waals surface area (Å²) in [4.78, 5) is 11.8. The molecule has 0 aromatic heterocycles. The number of hydrogen-bond donors (Lipinski definition) is 1. The van der Waals surface area contributed by atoms with Crippen LogP contribution in [0.5, 0.6) is 0 Å². The molecule has 0 radical (unpaired) electrons. The average Bonchev–Trinajstić information content (AvgIpc) is 2.78. The van der Waals surface area contributed by atoms with Gasteiger partial charge in [-0.25, -0.2) is 5.43 Å². The van der Waals surface area contributed by atoms with Gasteiger partial charge in [0.25, 0.3) is 5.91 Å². The highest BCUT2D eigenvalue weighted by Gasteiger charge is 2.12. The van der Waals surface area contributed by atoms with Crippen LogP contribution in [0.4, 0.5) is 0 Å². The SMILES string of the molecule is O=C(NN=C1CCCC1)c1ccc(Cl)cc1Cl. The number of hydrogen-bond acceptors (Lipinski definition) is 2. The van der Waals surface area contributed by atoms with Crippen LogP contribution in [-0.2, 0) is 0 Å². The maximum Gasteiger partial charge on any atom is 0.272 e. The topological polar surface area (TPSA) is 41.5 Å². The second-order valence-corrected chi connectivity index (χ2v) is 4.79. The number of benzene rings is 1. The van der Waals surface area contributed by atoms with Crippen LogP contribution in [0.15, 0.2) is 23.3 Å². The van der Waals surface area contributed by atoms with Crippen molar-refractivity contribution >= 4 is 34.8 Å². The molecule has 90 valence electrons. The lowest BCUT2D eigenvalue weighted by atomic mass is 10.2. The molecule has 0 bridgehead atoms. The minimum absolute atomic E-state index is 0.300. The summed E-state index contributed by atoms with van der Waals surface area (Å²) in [6, 6.07) is 4.76. The van der Waals surface area contributed by atoms with Crippen molar-refractivity contribution in [3.8, 4) is 0 Å². The Kier molecular flexibility index (Phi) is 4.02. The second kappa shape index (κ2) is 5.52. The van der Waals surface area contributed by atoms with Gasteiger partial charge in [0.2, 0.25) is 0 Å². The van der Waals surface area contributed by atoms with Gasteiger partial charge >= 0.3 is 0 Å². The summed E-state index contributed by atoms with van der Waals surface area (Å²) in [7, 11) is 0. The van der Waals surface area contributed by atoms with E-state index in [2.05, 4.69) is 10.5 Å². The van der Waals surface area contributed by atoms with Crippen LogP contribution in [0.1, 0.15) is 36.0 Å². The van der Waals surface area contributed by atoms with E-state index in [1.165, 1.54) is 0 Å². The summed E-state index contributed by atoms with van der Waals surface area (Å²) < 4.78 is 0. The number of hydrazone groups is 1. The van der Waals surface area contributed by atoms with Crippen LogP contribution in [0.2, 0.25) is 10.0 Å². The van der Waals surface area contributed by atoms with Crippen LogP contribution in [-0.4, -0.2) is 11.6 Å². The highest BCUT2D eigenvalue weighted by Crippen LogP contribution is 2.21. The van der Waals surface area contributed by atoms with Gasteiger partial charge in [-0.1, -0.05) is 23.2 Å². The monoisotopic (exact) mass is 270 g/mol. The molecule has 0 unspecified atom stereocenters. The van der Waals surface area contributed by atoms with Gasteiger partial charge in [0.1, 0.15) is 0 Å². The van der Waals surface area contributed by atoms with E-state index in [4.69, 9.17) is 23.2 Å². The van der Waals surface area contributed by atoms with E-state index in [0.717, 1.165) is 31.4 Å². The summed E-state index contributed by atoms with van der Waals surface area (Å²) in [5, 5.41) is 4.93. The van der Waals surface area contributed by atoms with E-state index in [-0.39, 0.29) is 5.91 Å². The van der Waals surface area contributed by atoms with E-state index in [0.29, 0.717) is 15.6 Å². The zero-order chi connectivity index (χ0) is 12.3. The first-order valence-corrected chi connectivity index (χ1v) is 6.23. The Hall–Kier alpha value is -1.06. The molecule has 1 aliphatic carbocycles. The first-order valence-electron chi connectivity index (χ1n) is 5.47. The first kappa shape index (κ1) is 12.4. The Morgan fingerprint density at radius 1 is 1.24 bits per heavy atom. The number of nitrogens with zero attached hydrogens (tertiary/aromatic N) is 1. The van der Waals surface area contributed by atoms with E-state index in [1.54, 1.807) is 18.2 Å². The van der Waals surface area contributed by atoms with Crippen molar-refractivity contribution in [3.05, 3.63) is 33.8 Å². The third-order valence-corrected chi connectivity index (χ3v) is 3.22. The molecule has 1 fully saturated rings. The van der Waals surface area contributed by atoms with Crippen LogP contribution < -0.4 is 5.43 Å². The van der Waals surface area contributed by atoms with E-state index >= 15 is 0 Å². The standard InChI is InChI=1S/C12H12Cl2N2O/c13-8-5-6-10(11(14)7-8)12(17)16-15-9-3-1-2-4-9/h5-7H,1-4H2,(H,16,17). The van der Waals surface area contributed by atoms with Crippen LogP contribution in [0.25, 0.3) is 0 Å². The molecule has 1 aliphatic rings. The molecule has 0 aliphatic heterocycles. The average molecular weight is 271 g/mol. The molecule has 17 heavy (non-hydrogen) atoms. The molecule has 1 aromatic rings. The Labute approximate surface area is 110 Å². The molecule has 2 rings (SSSR count). The lowest BCUT2D eigenvalue weighted by molar-refractivity contribution is 0.0955. The molecule has 1 aromatic carbocycles. The normalized spacial score (nSPS) is 14.8. The summed E-state index contributed by atoms with van der Waals surface area (Å²) in [6.07, 6.45) is 4.23. The Morgan fingerprint density at radius 3 is 2.59 bits per heavy atom. The minimum Gasteiger partial charge on any atom is -0.267 e. The summed E-state index contributed by atoms with van der Waals surface area (Å²) in [6.45, 7) is 0. The number of nitrogens with one attached hydrogen (secondary N) is 1. The van der Waals surface area contributed by atoms with Gasteiger partial charge in [-0.2, -0.15) is 5.10 Å². The van der Waals surface area contributed by atoms with Gasteiger partial charge in [-0.3, -0.25) is 4.79 Å². The molecular weight excluding hydrogens is 259 g/mol. The molecule has 1 saturated carbocycles. The quantitative estimate of drug-likeness (QED) is 0.819. The summed E-state index contributed by atoms with van der Waals surface area (Å²) >= 11 is 11.7. The molecule has 3 nitrogen and oxygen atoms in total. The lowest BCUT2D eigenvalue weighted by Gasteiger charge is -2.03. The zero-order valence-electron chi connectivity index (χ0n) is 9.17. The first-order chi connectivity index (χ1) is 8.16. The number of amides is 1. The van der Waals surface area contributed by atoms with Crippen molar-refractivity contribution < 1.29 is 4.79 Å². The fourth-order valence-electron chi connectivity index (χ4n) is 1.76. The van der Waals surface area contributed by atoms with Crippen molar-refractivity contribution in [2.75, 3.05) is 0 Å². The fraction of sp³-hybridized carbons (Fsp3) is 0.333. The number of halogens is 2. The van der Waals surface area contributed by atoms with Crippen molar-refractivity contribution in [3.63, 3.8) is 0 Å². The molecule has 0 saturated heterocycles. The fourth-order valence-corrected chi connectivity index (χ4v) is 2.25. The van der Waals surface area contributed by atoms with Gasteiger partial charge in [0.15, 0.2) is 0 Å². The molecule has 5 heteroatoms. The predicted octanol–water partition coefficient (Wildman–Crippen LogP) is 3.65. The Balaban J connectivity index is 2.06. The summed E-state index contributed by atoms with van der Waals surface area (Å²) in [5.74, 6) is -0.300. The Bertz CT molecular complexity index is 464. The smallest absolute Gasteiger partial charge is 0.267 e. The molecular formula is C12H12Cl2N2O. The van der Waals surface area contributed by atoms with Crippen LogP contribution in [0.3, 0.4) is 0 Å². The summed E-state index contributed by atoms with van der Waals surface area (Å²) in [5.41, 5.74) is 3.95. The molecule has 0 spiro atoms. The number of carbonyl (C=O) groups is 1. The van der Waals surface area contributed by atoms with Gasteiger partial charge in [-0.15, -0.1) is 0 Å². The molecule has 1 N–H and O–H groups in total. The maximum atomic E-state index is 11.8. The van der Waals surface area contributed by atoms with Crippen LogP contribution in [0, 0.1) is 0 Å². The molecule has 0 heterocycles.